The van der Waals surface area contributed by atoms with Crippen LogP contribution in [0.15, 0.2) is 36.4 Å². The van der Waals surface area contributed by atoms with Gasteiger partial charge in [-0.1, -0.05) is 30.3 Å². The Labute approximate surface area is 128 Å². The zero-order chi connectivity index (χ0) is 15.5. The summed E-state index contributed by atoms with van der Waals surface area (Å²) in [5.74, 6) is 0.610. The summed E-state index contributed by atoms with van der Waals surface area (Å²) in [6, 6.07) is 11.1. The van der Waals surface area contributed by atoms with Crippen LogP contribution in [0.1, 0.15) is 5.69 Å². The summed E-state index contributed by atoms with van der Waals surface area (Å²) in [5, 5.41) is 12.2. The van der Waals surface area contributed by atoms with Crippen LogP contribution in [0.25, 0.3) is 11.4 Å². The number of hydrogen-bond donors (Lipinski definition) is 2. The van der Waals surface area contributed by atoms with Crippen LogP contribution in [0, 0.1) is 6.92 Å². The van der Waals surface area contributed by atoms with Gasteiger partial charge in [-0.25, -0.2) is 9.97 Å². The molecule has 1 saturated heterocycles. The van der Waals surface area contributed by atoms with Crippen LogP contribution >= 0.6 is 0 Å². The van der Waals surface area contributed by atoms with Crippen LogP contribution < -0.4 is 10.2 Å². The van der Waals surface area contributed by atoms with E-state index in [1.165, 1.54) is 0 Å². The Morgan fingerprint density at radius 3 is 2.82 bits per heavy atom. The van der Waals surface area contributed by atoms with Gasteiger partial charge in [-0.3, -0.25) is 4.79 Å². The molecule has 1 aromatic heterocycles. The summed E-state index contributed by atoms with van der Waals surface area (Å²) in [4.78, 5) is 22.3. The third-order valence-corrected chi connectivity index (χ3v) is 3.67. The smallest absolute Gasteiger partial charge is 0.322 e. The van der Waals surface area contributed by atoms with Gasteiger partial charge in [0.05, 0.1) is 0 Å². The standard InChI is InChI=1S/C16H18N4O2/c1-11-9-14(20-8-7-17-13(10-20)16(21)22)19-15(18-11)12-5-3-2-4-6-12/h2-6,9,13,17H,7-8,10H2,1H3,(H,21,22). The van der Waals surface area contributed by atoms with Crippen molar-refractivity contribution < 1.29 is 9.90 Å². The number of carbonyl (C=O) groups is 1. The molecular weight excluding hydrogens is 280 g/mol. The van der Waals surface area contributed by atoms with Crippen molar-refractivity contribution in [2.24, 2.45) is 0 Å². The molecular formula is C16H18N4O2. The number of nitrogens with one attached hydrogen (secondary N) is 1. The second-order valence-electron chi connectivity index (χ2n) is 5.35. The zero-order valence-electron chi connectivity index (χ0n) is 12.4. The fourth-order valence-electron chi connectivity index (χ4n) is 2.55. The molecule has 0 aliphatic carbocycles. The molecule has 114 valence electrons. The first-order valence-corrected chi connectivity index (χ1v) is 7.26. The highest BCUT2D eigenvalue weighted by Crippen LogP contribution is 2.20. The van der Waals surface area contributed by atoms with E-state index < -0.39 is 12.0 Å². The molecule has 22 heavy (non-hydrogen) atoms. The lowest BCUT2D eigenvalue weighted by atomic mass is 10.2. The molecule has 0 amide bonds. The number of aliphatic carboxylic acids is 1. The van der Waals surface area contributed by atoms with E-state index in [0.29, 0.717) is 18.9 Å². The molecule has 0 radical (unpaired) electrons. The normalized spacial score (nSPS) is 18.2. The van der Waals surface area contributed by atoms with Crippen molar-refractivity contribution in [3.05, 3.63) is 42.1 Å². The number of anilines is 1. The van der Waals surface area contributed by atoms with E-state index in [9.17, 15) is 4.79 Å². The van der Waals surface area contributed by atoms with Crippen molar-refractivity contribution in [2.45, 2.75) is 13.0 Å². The third-order valence-electron chi connectivity index (χ3n) is 3.67. The largest absolute Gasteiger partial charge is 0.480 e. The summed E-state index contributed by atoms with van der Waals surface area (Å²) >= 11 is 0. The molecule has 6 heteroatoms. The van der Waals surface area contributed by atoms with Crippen LogP contribution in [-0.2, 0) is 4.79 Å². The van der Waals surface area contributed by atoms with E-state index in [4.69, 9.17) is 5.11 Å². The monoisotopic (exact) mass is 298 g/mol. The Kier molecular flexibility index (Phi) is 4.02. The molecule has 3 rings (SSSR count). The highest BCUT2D eigenvalue weighted by molar-refractivity contribution is 5.74. The predicted octanol–water partition coefficient (Wildman–Crippen LogP) is 1.31. The van der Waals surface area contributed by atoms with Crippen LogP contribution in [0.2, 0.25) is 0 Å². The van der Waals surface area contributed by atoms with E-state index in [1.54, 1.807) is 0 Å². The van der Waals surface area contributed by atoms with Gasteiger partial charge in [0.25, 0.3) is 0 Å². The van der Waals surface area contributed by atoms with Gasteiger partial charge in [-0.2, -0.15) is 0 Å². The van der Waals surface area contributed by atoms with Gasteiger partial charge in [0.2, 0.25) is 0 Å². The van der Waals surface area contributed by atoms with Crippen LogP contribution in [-0.4, -0.2) is 46.7 Å². The first-order chi connectivity index (χ1) is 10.6. The Morgan fingerprint density at radius 2 is 2.09 bits per heavy atom. The molecule has 0 bridgehead atoms. The Bertz CT molecular complexity index is 675. The lowest BCUT2D eigenvalue weighted by Crippen LogP contribution is -2.54. The number of carboxylic acids is 1. The molecule has 0 spiro atoms. The number of aryl methyl sites for hydroxylation is 1. The fourth-order valence-corrected chi connectivity index (χ4v) is 2.55. The Morgan fingerprint density at radius 1 is 1.32 bits per heavy atom. The first-order valence-electron chi connectivity index (χ1n) is 7.26. The minimum Gasteiger partial charge on any atom is -0.480 e. The van der Waals surface area contributed by atoms with Gasteiger partial charge in [0.1, 0.15) is 11.9 Å². The van der Waals surface area contributed by atoms with Gasteiger partial charge in [-0.15, -0.1) is 0 Å². The number of hydrogen-bond acceptors (Lipinski definition) is 5. The maximum atomic E-state index is 11.2. The Hall–Kier alpha value is -2.47. The summed E-state index contributed by atoms with van der Waals surface area (Å²) in [7, 11) is 0. The summed E-state index contributed by atoms with van der Waals surface area (Å²) in [5.41, 5.74) is 1.83. The number of aromatic nitrogens is 2. The molecule has 2 N–H and O–H groups in total. The van der Waals surface area contributed by atoms with Crippen LogP contribution in [0.3, 0.4) is 0 Å². The maximum absolute atomic E-state index is 11.2. The van der Waals surface area contributed by atoms with E-state index >= 15 is 0 Å². The molecule has 1 aliphatic heterocycles. The van der Waals surface area contributed by atoms with Crippen molar-refractivity contribution in [1.29, 1.82) is 0 Å². The molecule has 1 aromatic carbocycles. The quantitative estimate of drug-likeness (QED) is 0.889. The van der Waals surface area contributed by atoms with Gasteiger partial charge < -0.3 is 15.3 Å². The van der Waals surface area contributed by atoms with E-state index in [2.05, 4.69) is 15.3 Å². The number of benzene rings is 1. The topological polar surface area (TPSA) is 78.4 Å². The van der Waals surface area contributed by atoms with Gasteiger partial charge in [0, 0.05) is 37.0 Å². The summed E-state index contributed by atoms with van der Waals surface area (Å²) in [6.45, 7) is 3.68. The molecule has 2 heterocycles. The third kappa shape index (κ3) is 3.07. The number of piperazine rings is 1. The predicted molar refractivity (Wildman–Crippen MR) is 83.8 cm³/mol. The average molecular weight is 298 g/mol. The average Bonchev–Trinajstić information content (AvgIpc) is 2.55. The second-order valence-corrected chi connectivity index (χ2v) is 5.35. The molecule has 1 atom stereocenters. The van der Waals surface area contributed by atoms with Gasteiger partial charge in [0.15, 0.2) is 5.82 Å². The van der Waals surface area contributed by atoms with Crippen LogP contribution in [0.5, 0.6) is 0 Å². The van der Waals surface area contributed by atoms with Crippen molar-refractivity contribution in [3.8, 4) is 11.4 Å². The molecule has 1 unspecified atom stereocenters. The second kappa shape index (κ2) is 6.11. The summed E-state index contributed by atoms with van der Waals surface area (Å²) in [6.07, 6.45) is 0. The highest BCUT2D eigenvalue weighted by Gasteiger charge is 2.26. The lowest BCUT2D eigenvalue weighted by Gasteiger charge is -2.32. The van der Waals surface area contributed by atoms with Gasteiger partial charge >= 0.3 is 5.97 Å². The fraction of sp³-hybridized carbons (Fsp3) is 0.312. The molecule has 1 aliphatic rings. The minimum absolute atomic E-state index is 0.403. The molecule has 1 fully saturated rings. The van der Waals surface area contributed by atoms with E-state index in [0.717, 1.165) is 23.6 Å². The molecule has 0 saturated carbocycles. The zero-order valence-corrected chi connectivity index (χ0v) is 12.4. The van der Waals surface area contributed by atoms with Crippen molar-refractivity contribution in [1.82, 2.24) is 15.3 Å². The maximum Gasteiger partial charge on any atom is 0.322 e. The van der Waals surface area contributed by atoms with E-state index in [-0.39, 0.29) is 0 Å². The van der Waals surface area contributed by atoms with Crippen molar-refractivity contribution in [2.75, 3.05) is 24.5 Å². The van der Waals surface area contributed by atoms with Gasteiger partial charge in [-0.05, 0) is 6.92 Å². The number of carboxylic acid groups (broad SMARTS) is 1. The van der Waals surface area contributed by atoms with E-state index in [1.807, 2.05) is 48.2 Å². The number of rotatable bonds is 3. The molecule has 6 nitrogen and oxygen atoms in total. The SMILES string of the molecule is Cc1cc(N2CCNC(C(=O)O)C2)nc(-c2ccccc2)n1. The Balaban J connectivity index is 1.91. The summed E-state index contributed by atoms with van der Waals surface area (Å²) < 4.78 is 0. The van der Waals surface area contributed by atoms with Crippen molar-refractivity contribution in [3.63, 3.8) is 0 Å². The molecule has 2 aromatic rings. The lowest BCUT2D eigenvalue weighted by molar-refractivity contribution is -0.139. The van der Waals surface area contributed by atoms with Crippen molar-refractivity contribution >= 4 is 11.8 Å². The van der Waals surface area contributed by atoms with Crippen LogP contribution in [0.4, 0.5) is 5.82 Å². The highest BCUT2D eigenvalue weighted by atomic mass is 16.4. The minimum atomic E-state index is -0.834. The number of nitrogens with zero attached hydrogens (tertiary/aromatic N) is 3. The first kappa shape index (κ1) is 14.5.